The lowest BCUT2D eigenvalue weighted by atomic mass is 10.1. The van der Waals surface area contributed by atoms with Gasteiger partial charge in [-0.05, 0) is 62.5 Å². The Morgan fingerprint density at radius 2 is 1.65 bits per heavy atom. The summed E-state index contributed by atoms with van der Waals surface area (Å²) in [6.45, 7) is 1.76. The van der Waals surface area contributed by atoms with Crippen molar-refractivity contribution >= 4 is 15.7 Å². The molecule has 1 unspecified atom stereocenters. The summed E-state index contributed by atoms with van der Waals surface area (Å²) in [5.41, 5.74) is 2.39. The first-order valence-corrected chi connectivity index (χ1v) is 9.79. The zero-order valence-electron chi connectivity index (χ0n) is 15.8. The second-order valence-corrected chi connectivity index (χ2v) is 8.50. The van der Waals surface area contributed by atoms with Crippen molar-refractivity contribution in [2.45, 2.75) is 17.9 Å². The molecule has 0 aromatic heterocycles. The Labute approximate surface area is 155 Å². The van der Waals surface area contributed by atoms with E-state index in [0.717, 1.165) is 11.3 Å². The van der Waals surface area contributed by atoms with Crippen LogP contribution in [0.5, 0.6) is 0 Å². The fraction of sp³-hybridized carbons (Fsp3) is 0.368. The third-order valence-corrected chi connectivity index (χ3v) is 5.75. The molecule has 7 heteroatoms. The van der Waals surface area contributed by atoms with Gasteiger partial charge in [0.2, 0.25) is 10.0 Å². The van der Waals surface area contributed by atoms with E-state index in [1.54, 1.807) is 6.92 Å². The number of likely N-dealkylation sites (N-methyl/N-ethyl adjacent to an activating group) is 1. The summed E-state index contributed by atoms with van der Waals surface area (Å²) in [5.74, 6) is -0.420. The fourth-order valence-electron chi connectivity index (χ4n) is 2.65. The molecule has 0 aliphatic heterocycles. The molecule has 0 amide bonds. The van der Waals surface area contributed by atoms with Gasteiger partial charge in [-0.3, -0.25) is 0 Å². The summed E-state index contributed by atoms with van der Waals surface area (Å²) in [6, 6.07) is 11.7. The molecular weight excluding hydrogens is 353 g/mol. The molecule has 0 aliphatic rings. The maximum Gasteiger partial charge on any atom is 0.240 e. The summed E-state index contributed by atoms with van der Waals surface area (Å²) in [6.07, 6.45) is 0. The Morgan fingerprint density at radius 3 is 2.15 bits per heavy atom. The number of nitrogens with zero attached hydrogens (tertiary/aromatic N) is 2. The molecule has 0 heterocycles. The lowest BCUT2D eigenvalue weighted by molar-refractivity contribution is 0.299. The van der Waals surface area contributed by atoms with Gasteiger partial charge in [-0.15, -0.1) is 0 Å². The van der Waals surface area contributed by atoms with Crippen molar-refractivity contribution in [1.29, 1.82) is 0 Å². The normalized spacial score (nSPS) is 13.0. The highest BCUT2D eigenvalue weighted by atomic mass is 32.2. The Balaban J connectivity index is 2.18. The van der Waals surface area contributed by atoms with Gasteiger partial charge in [-0.2, -0.15) is 0 Å². The van der Waals surface area contributed by atoms with Crippen molar-refractivity contribution in [1.82, 2.24) is 9.62 Å². The van der Waals surface area contributed by atoms with E-state index in [1.165, 1.54) is 18.2 Å². The zero-order valence-corrected chi connectivity index (χ0v) is 16.6. The van der Waals surface area contributed by atoms with E-state index in [0.29, 0.717) is 5.56 Å². The van der Waals surface area contributed by atoms with Crippen LogP contribution in [0.4, 0.5) is 10.1 Å². The molecule has 0 bridgehead atoms. The average Bonchev–Trinajstić information content (AvgIpc) is 2.57. The first-order valence-electron chi connectivity index (χ1n) is 8.31. The number of hydrogen-bond acceptors (Lipinski definition) is 4. The molecular formula is C19H26FN3O2S. The number of rotatable bonds is 7. The van der Waals surface area contributed by atoms with Crippen molar-refractivity contribution in [3.63, 3.8) is 0 Å². The monoisotopic (exact) mass is 379 g/mol. The maximum absolute atomic E-state index is 13.4. The Morgan fingerprint density at radius 1 is 1.04 bits per heavy atom. The van der Waals surface area contributed by atoms with Crippen LogP contribution in [0.2, 0.25) is 0 Å². The standard InChI is InChI=1S/C19H26FN3O2S/c1-14-12-17(10-11-18(14)20)26(24,25)21-13-19(23(4)5)15-6-8-16(9-7-15)22(2)3/h6-12,19,21H,13H2,1-5H3. The van der Waals surface area contributed by atoms with Gasteiger partial charge in [-0.25, -0.2) is 17.5 Å². The van der Waals surface area contributed by atoms with Crippen LogP contribution in [0.25, 0.3) is 0 Å². The lowest BCUT2D eigenvalue weighted by Crippen LogP contribution is -2.34. The van der Waals surface area contributed by atoms with Crippen molar-refractivity contribution in [3.8, 4) is 0 Å². The molecule has 2 aromatic rings. The maximum atomic E-state index is 13.4. The van der Waals surface area contributed by atoms with Crippen LogP contribution in [0, 0.1) is 12.7 Å². The topological polar surface area (TPSA) is 52.7 Å². The summed E-state index contributed by atoms with van der Waals surface area (Å²) in [4.78, 5) is 4.04. The molecule has 142 valence electrons. The second-order valence-electron chi connectivity index (χ2n) is 6.73. The van der Waals surface area contributed by atoms with E-state index >= 15 is 0 Å². The molecule has 0 fully saturated rings. The molecule has 2 aromatic carbocycles. The molecule has 0 saturated carbocycles. The highest BCUT2D eigenvalue weighted by molar-refractivity contribution is 7.89. The molecule has 2 rings (SSSR count). The predicted molar refractivity (Wildman–Crippen MR) is 104 cm³/mol. The minimum absolute atomic E-state index is 0.0665. The van der Waals surface area contributed by atoms with Gasteiger partial charge in [0, 0.05) is 32.4 Å². The fourth-order valence-corrected chi connectivity index (χ4v) is 3.77. The highest BCUT2D eigenvalue weighted by Gasteiger charge is 2.20. The number of aryl methyl sites for hydroxylation is 1. The molecule has 26 heavy (non-hydrogen) atoms. The summed E-state index contributed by atoms with van der Waals surface area (Å²) >= 11 is 0. The van der Waals surface area contributed by atoms with Crippen molar-refractivity contribution in [2.75, 3.05) is 39.6 Å². The summed E-state index contributed by atoms with van der Waals surface area (Å²) in [7, 11) is 4.04. The highest BCUT2D eigenvalue weighted by Crippen LogP contribution is 2.22. The number of benzene rings is 2. The number of nitrogens with one attached hydrogen (secondary N) is 1. The van der Waals surface area contributed by atoms with E-state index in [2.05, 4.69) is 4.72 Å². The first kappa shape index (κ1) is 20.4. The molecule has 0 radical (unpaired) electrons. The molecule has 1 N–H and O–H groups in total. The Kier molecular flexibility index (Phi) is 6.39. The van der Waals surface area contributed by atoms with Crippen molar-refractivity contribution in [2.24, 2.45) is 0 Å². The van der Waals surface area contributed by atoms with E-state index < -0.39 is 15.8 Å². The van der Waals surface area contributed by atoms with Crippen LogP contribution in [0.15, 0.2) is 47.4 Å². The van der Waals surface area contributed by atoms with E-state index in [-0.39, 0.29) is 17.5 Å². The summed E-state index contributed by atoms with van der Waals surface area (Å²) in [5, 5.41) is 0. The van der Waals surface area contributed by atoms with Crippen molar-refractivity contribution in [3.05, 3.63) is 59.4 Å². The number of anilines is 1. The van der Waals surface area contributed by atoms with E-state index in [4.69, 9.17) is 0 Å². The van der Waals surface area contributed by atoms with Crippen LogP contribution in [-0.4, -0.2) is 48.1 Å². The van der Waals surface area contributed by atoms with Gasteiger partial charge >= 0.3 is 0 Å². The molecule has 5 nitrogen and oxygen atoms in total. The Bertz CT molecular complexity index is 850. The first-order chi connectivity index (χ1) is 12.1. The van der Waals surface area contributed by atoms with Crippen LogP contribution in [0.3, 0.4) is 0 Å². The predicted octanol–water partition coefficient (Wildman–Crippen LogP) is 2.78. The van der Waals surface area contributed by atoms with E-state index in [9.17, 15) is 12.8 Å². The number of halogens is 1. The Hall–Kier alpha value is -1.96. The third kappa shape index (κ3) is 4.81. The third-order valence-electron chi connectivity index (χ3n) is 4.32. The van der Waals surface area contributed by atoms with Gasteiger partial charge in [-0.1, -0.05) is 12.1 Å². The largest absolute Gasteiger partial charge is 0.378 e. The lowest BCUT2D eigenvalue weighted by Gasteiger charge is -2.25. The minimum Gasteiger partial charge on any atom is -0.378 e. The summed E-state index contributed by atoms with van der Waals surface area (Å²) < 4.78 is 41.1. The minimum atomic E-state index is -3.71. The molecule has 0 aliphatic carbocycles. The smallest absolute Gasteiger partial charge is 0.240 e. The SMILES string of the molecule is Cc1cc(S(=O)(=O)NCC(c2ccc(N(C)C)cc2)N(C)C)ccc1F. The van der Waals surface area contributed by atoms with E-state index in [1.807, 2.05) is 62.3 Å². The van der Waals surface area contributed by atoms with Gasteiger partial charge in [0.15, 0.2) is 0 Å². The van der Waals surface area contributed by atoms with Crippen molar-refractivity contribution < 1.29 is 12.8 Å². The van der Waals surface area contributed by atoms with Crippen LogP contribution in [0.1, 0.15) is 17.2 Å². The van der Waals surface area contributed by atoms with Gasteiger partial charge in [0.25, 0.3) is 0 Å². The van der Waals surface area contributed by atoms with Gasteiger partial charge in [0.1, 0.15) is 5.82 Å². The van der Waals surface area contributed by atoms with Crippen LogP contribution >= 0.6 is 0 Å². The van der Waals surface area contributed by atoms with Crippen LogP contribution < -0.4 is 9.62 Å². The molecule has 0 spiro atoms. The van der Waals surface area contributed by atoms with Gasteiger partial charge < -0.3 is 9.80 Å². The van der Waals surface area contributed by atoms with Crippen LogP contribution in [-0.2, 0) is 10.0 Å². The zero-order chi connectivity index (χ0) is 19.5. The number of hydrogen-bond donors (Lipinski definition) is 1. The van der Waals surface area contributed by atoms with Gasteiger partial charge in [0.05, 0.1) is 4.90 Å². The second kappa shape index (κ2) is 8.16. The number of sulfonamides is 1. The average molecular weight is 380 g/mol. The molecule has 0 saturated heterocycles. The molecule has 1 atom stereocenters. The quantitative estimate of drug-likeness (QED) is 0.804.